The lowest BCUT2D eigenvalue weighted by Crippen LogP contribution is -2.24. The minimum absolute atomic E-state index is 0.383. The fourth-order valence-corrected chi connectivity index (χ4v) is 3.05. The fourth-order valence-electron chi connectivity index (χ4n) is 2.61. The second kappa shape index (κ2) is 8.84. The molecule has 0 atom stereocenters. The summed E-state index contributed by atoms with van der Waals surface area (Å²) in [7, 11) is 0. The average molecular weight is 397 g/mol. The molecule has 4 nitrogen and oxygen atoms in total. The third-order valence-corrected chi connectivity index (χ3v) is 4.58. The fraction of sp³-hybridized carbons (Fsp3) is 0.143. The first-order valence-electron chi connectivity index (χ1n) is 8.58. The molecule has 0 spiro atoms. The third kappa shape index (κ3) is 5.42. The van der Waals surface area contributed by atoms with Gasteiger partial charge in [-0.25, -0.2) is 0 Å². The van der Waals surface area contributed by atoms with Crippen LogP contribution in [0.1, 0.15) is 22.4 Å². The Morgan fingerprint density at radius 1 is 1.11 bits per heavy atom. The molecular formula is C21H21ClN4S. The number of aryl methyl sites for hydroxylation is 2. The Morgan fingerprint density at radius 3 is 2.59 bits per heavy atom. The van der Waals surface area contributed by atoms with Crippen LogP contribution in [0.25, 0.3) is 0 Å². The Kier molecular flexibility index (Phi) is 6.27. The summed E-state index contributed by atoms with van der Waals surface area (Å²) in [6.45, 7) is 4.86. The number of thiocarbonyl (C=S) groups is 1. The second-order valence-corrected chi connectivity index (χ2v) is 7.17. The third-order valence-electron chi connectivity index (χ3n) is 4.07. The summed E-state index contributed by atoms with van der Waals surface area (Å²) in [4.78, 5) is 0. The van der Waals surface area contributed by atoms with E-state index in [1.165, 1.54) is 11.1 Å². The molecular weight excluding hydrogens is 376 g/mol. The Morgan fingerprint density at radius 2 is 1.85 bits per heavy atom. The topological polar surface area (TPSA) is 41.4 Å². The summed E-state index contributed by atoms with van der Waals surface area (Å²) in [6.07, 6.45) is 3.78. The maximum atomic E-state index is 6.20. The molecule has 6 heteroatoms. The van der Waals surface area contributed by atoms with E-state index in [0.717, 1.165) is 23.5 Å². The van der Waals surface area contributed by atoms with Crippen molar-refractivity contribution in [3.05, 3.63) is 88.2 Å². The number of nitrogens with one attached hydrogen (secondary N) is 2. The largest absolute Gasteiger partial charge is 0.342 e. The number of hydrogen-bond acceptors (Lipinski definition) is 2. The Balaban J connectivity index is 1.59. The highest BCUT2D eigenvalue weighted by atomic mass is 35.5. The lowest BCUT2D eigenvalue weighted by Gasteiger charge is -2.10. The van der Waals surface area contributed by atoms with Gasteiger partial charge in [-0.15, -0.1) is 0 Å². The molecule has 0 radical (unpaired) electrons. The van der Waals surface area contributed by atoms with Gasteiger partial charge in [-0.05, 0) is 61.5 Å². The molecule has 0 saturated heterocycles. The summed E-state index contributed by atoms with van der Waals surface area (Å²) in [5.41, 5.74) is 8.15. The highest BCUT2D eigenvalue weighted by Crippen LogP contribution is 2.22. The molecule has 0 bridgehead atoms. The first-order chi connectivity index (χ1) is 13.0. The van der Waals surface area contributed by atoms with E-state index >= 15 is 0 Å². The van der Waals surface area contributed by atoms with Gasteiger partial charge >= 0.3 is 0 Å². The van der Waals surface area contributed by atoms with Crippen molar-refractivity contribution < 1.29 is 0 Å². The number of nitrogens with zero attached hydrogens (tertiary/aromatic N) is 2. The zero-order valence-corrected chi connectivity index (χ0v) is 16.8. The van der Waals surface area contributed by atoms with Crippen molar-refractivity contribution in [2.24, 2.45) is 5.10 Å². The van der Waals surface area contributed by atoms with Crippen LogP contribution in [0.5, 0.6) is 0 Å². The molecule has 0 aliphatic carbocycles. The van der Waals surface area contributed by atoms with Gasteiger partial charge in [0.1, 0.15) is 0 Å². The minimum Gasteiger partial charge on any atom is -0.342 e. The molecule has 1 aromatic heterocycles. The van der Waals surface area contributed by atoms with Crippen LogP contribution in [0.2, 0.25) is 5.02 Å². The number of hydrogen-bond donors (Lipinski definition) is 2. The van der Waals surface area contributed by atoms with Crippen LogP contribution in [0, 0.1) is 13.8 Å². The predicted octanol–water partition coefficient (Wildman–Crippen LogP) is 5.13. The van der Waals surface area contributed by atoms with Gasteiger partial charge < -0.3 is 9.88 Å². The van der Waals surface area contributed by atoms with Crippen molar-refractivity contribution in [3.8, 4) is 0 Å². The Hall–Kier alpha value is -2.63. The number of anilines is 1. The monoisotopic (exact) mass is 396 g/mol. The van der Waals surface area contributed by atoms with E-state index in [0.29, 0.717) is 10.1 Å². The number of rotatable bonds is 5. The summed E-state index contributed by atoms with van der Waals surface area (Å²) in [5, 5.41) is 8.28. The van der Waals surface area contributed by atoms with E-state index in [-0.39, 0.29) is 0 Å². The predicted molar refractivity (Wildman–Crippen MR) is 118 cm³/mol. The zero-order chi connectivity index (χ0) is 19.2. The zero-order valence-electron chi connectivity index (χ0n) is 15.2. The van der Waals surface area contributed by atoms with Crippen molar-refractivity contribution in [2.75, 3.05) is 5.32 Å². The Labute approximate surface area is 169 Å². The summed E-state index contributed by atoms with van der Waals surface area (Å²) in [5.74, 6) is 0. The average Bonchev–Trinajstić information content (AvgIpc) is 3.06. The molecule has 0 amide bonds. The molecule has 2 aromatic carbocycles. The van der Waals surface area contributed by atoms with E-state index in [9.17, 15) is 0 Å². The molecule has 0 aliphatic heterocycles. The van der Waals surface area contributed by atoms with Gasteiger partial charge in [0.2, 0.25) is 0 Å². The number of halogens is 1. The minimum atomic E-state index is 0.383. The van der Waals surface area contributed by atoms with Crippen molar-refractivity contribution in [1.82, 2.24) is 9.99 Å². The maximum absolute atomic E-state index is 6.20. The second-order valence-electron chi connectivity index (χ2n) is 6.35. The highest BCUT2D eigenvalue weighted by molar-refractivity contribution is 7.80. The molecule has 0 unspecified atom stereocenters. The molecule has 138 valence electrons. The lowest BCUT2D eigenvalue weighted by molar-refractivity contribution is 0.798. The molecule has 3 rings (SSSR count). The van der Waals surface area contributed by atoms with Crippen LogP contribution in [0.15, 0.2) is 65.9 Å². The molecule has 0 fully saturated rings. The van der Waals surface area contributed by atoms with Crippen LogP contribution in [-0.2, 0) is 6.54 Å². The van der Waals surface area contributed by atoms with Gasteiger partial charge in [0, 0.05) is 12.7 Å². The first kappa shape index (κ1) is 19.1. The number of aromatic nitrogens is 1. The maximum Gasteiger partial charge on any atom is 0.191 e. The smallest absolute Gasteiger partial charge is 0.191 e. The van der Waals surface area contributed by atoms with Crippen LogP contribution in [0.4, 0.5) is 5.69 Å². The van der Waals surface area contributed by atoms with Gasteiger partial charge in [0.15, 0.2) is 5.11 Å². The quantitative estimate of drug-likeness (QED) is 0.357. The van der Waals surface area contributed by atoms with Crippen molar-refractivity contribution >= 4 is 40.8 Å². The molecule has 0 aliphatic rings. The Bertz CT molecular complexity index is 961. The van der Waals surface area contributed by atoms with Crippen LogP contribution in [-0.4, -0.2) is 15.9 Å². The van der Waals surface area contributed by atoms with E-state index in [1.54, 1.807) is 6.21 Å². The molecule has 0 saturated carbocycles. The van der Waals surface area contributed by atoms with Crippen LogP contribution >= 0.6 is 23.8 Å². The summed E-state index contributed by atoms with van der Waals surface area (Å²) in [6, 6.07) is 18.3. The SMILES string of the molecule is Cc1ccc(Cn2cccc2C=NNC(=S)Nc2ccc(C)cc2Cl)cc1. The van der Waals surface area contributed by atoms with Gasteiger partial charge in [-0.1, -0.05) is 47.5 Å². The van der Waals surface area contributed by atoms with E-state index in [2.05, 4.69) is 51.6 Å². The van der Waals surface area contributed by atoms with Gasteiger partial charge in [-0.3, -0.25) is 5.43 Å². The molecule has 3 aromatic rings. The normalized spacial score (nSPS) is 10.9. The molecule has 2 N–H and O–H groups in total. The molecule has 1 heterocycles. The lowest BCUT2D eigenvalue weighted by atomic mass is 10.1. The van der Waals surface area contributed by atoms with Gasteiger partial charge in [0.25, 0.3) is 0 Å². The van der Waals surface area contributed by atoms with E-state index in [4.69, 9.17) is 23.8 Å². The highest BCUT2D eigenvalue weighted by Gasteiger charge is 2.03. The van der Waals surface area contributed by atoms with Gasteiger partial charge in [-0.2, -0.15) is 5.10 Å². The first-order valence-corrected chi connectivity index (χ1v) is 9.37. The summed E-state index contributed by atoms with van der Waals surface area (Å²) < 4.78 is 2.13. The number of hydrazone groups is 1. The van der Waals surface area contributed by atoms with Crippen molar-refractivity contribution in [2.45, 2.75) is 20.4 Å². The van der Waals surface area contributed by atoms with Crippen LogP contribution < -0.4 is 10.7 Å². The standard InChI is InChI=1S/C21H21ClN4S/c1-15-5-8-17(9-6-15)14-26-11-3-4-18(26)13-23-25-21(27)24-20-10-7-16(2)12-19(20)22/h3-13H,14H2,1-2H3,(H2,24,25,27). The summed E-state index contributed by atoms with van der Waals surface area (Å²) >= 11 is 11.5. The van der Waals surface area contributed by atoms with E-state index in [1.807, 2.05) is 43.5 Å². The van der Waals surface area contributed by atoms with Crippen molar-refractivity contribution in [3.63, 3.8) is 0 Å². The van der Waals surface area contributed by atoms with Crippen LogP contribution in [0.3, 0.4) is 0 Å². The molecule has 27 heavy (non-hydrogen) atoms. The number of benzene rings is 2. The van der Waals surface area contributed by atoms with E-state index < -0.39 is 0 Å². The van der Waals surface area contributed by atoms with Gasteiger partial charge in [0.05, 0.1) is 22.6 Å². The van der Waals surface area contributed by atoms with Crippen molar-refractivity contribution in [1.29, 1.82) is 0 Å².